The zero-order valence-corrected chi connectivity index (χ0v) is 19.1. The SMILES string of the molecule is CC(=O)N[C@H](C)[C@@H](CCCCCCCCCCCCCCOC(C)=O)OC(C)=O. The van der Waals surface area contributed by atoms with Crippen molar-refractivity contribution in [1.29, 1.82) is 0 Å². The van der Waals surface area contributed by atoms with Crippen LogP contribution in [0, 0.1) is 0 Å². The standard InChI is InChI=1S/C23H43NO5/c1-19(24-20(2)25)23(29-22(4)27)17-15-13-11-9-7-5-6-8-10-12-14-16-18-28-21(3)26/h19,23H,5-18H2,1-4H3,(H,24,25)/t19-,23-/m1/s1. The van der Waals surface area contributed by atoms with Crippen LogP contribution in [0.3, 0.4) is 0 Å². The van der Waals surface area contributed by atoms with Crippen LogP contribution in [0.25, 0.3) is 0 Å². The minimum atomic E-state index is -0.295. The fourth-order valence-corrected chi connectivity index (χ4v) is 3.47. The van der Waals surface area contributed by atoms with Gasteiger partial charge in [-0.15, -0.1) is 0 Å². The van der Waals surface area contributed by atoms with Gasteiger partial charge in [-0.3, -0.25) is 14.4 Å². The molecule has 6 heteroatoms. The quantitative estimate of drug-likeness (QED) is 0.250. The number of carbonyl (C=O) groups is 3. The Hall–Kier alpha value is -1.59. The van der Waals surface area contributed by atoms with Gasteiger partial charge in [-0.05, 0) is 26.2 Å². The van der Waals surface area contributed by atoms with Gasteiger partial charge in [0.05, 0.1) is 12.6 Å². The molecular formula is C23H43NO5. The predicted octanol–water partition coefficient (Wildman–Crippen LogP) is 5.08. The number of unbranched alkanes of at least 4 members (excludes halogenated alkanes) is 11. The molecule has 0 aromatic heterocycles. The summed E-state index contributed by atoms with van der Waals surface area (Å²) in [4.78, 5) is 33.1. The molecule has 2 atom stereocenters. The molecule has 1 N–H and O–H groups in total. The highest BCUT2D eigenvalue weighted by molar-refractivity contribution is 5.73. The van der Waals surface area contributed by atoms with Gasteiger partial charge in [0.2, 0.25) is 5.91 Å². The summed E-state index contributed by atoms with van der Waals surface area (Å²) < 4.78 is 10.3. The summed E-state index contributed by atoms with van der Waals surface area (Å²) in [5.74, 6) is -0.581. The first-order valence-electron chi connectivity index (χ1n) is 11.4. The van der Waals surface area contributed by atoms with Crippen molar-refractivity contribution >= 4 is 17.8 Å². The van der Waals surface area contributed by atoms with Crippen molar-refractivity contribution in [3.05, 3.63) is 0 Å². The van der Waals surface area contributed by atoms with Crippen molar-refractivity contribution in [1.82, 2.24) is 5.32 Å². The molecule has 6 nitrogen and oxygen atoms in total. The molecule has 0 unspecified atom stereocenters. The third-order valence-electron chi connectivity index (χ3n) is 4.99. The van der Waals surface area contributed by atoms with Crippen LogP contribution in [0.2, 0.25) is 0 Å². The summed E-state index contributed by atoms with van der Waals surface area (Å²) in [6.45, 7) is 6.79. The van der Waals surface area contributed by atoms with Crippen LogP contribution < -0.4 is 5.32 Å². The van der Waals surface area contributed by atoms with Crippen LogP contribution in [0.1, 0.15) is 111 Å². The second-order valence-electron chi connectivity index (χ2n) is 8.01. The second kappa shape index (κ2) is 18.4. The van der Waals surface area contributed by atoms with Gasteiger partial charge in [-0.25, -0.2) is 0 Å². The van der Waals surface area contributed by atoms with Crippen LogP contribution in [-0.4, -0.2) is 36.6 Å². The van der Waals surface area contributed by atoms with Crippen LogP contribution in [0.4, 0.5) is 0 Å². The van der Waals surface area contributed by atoms with Gasteiger partial charge in [0.1, 0.15) is 6.10 Å². The molecule has 0 saturated carbocycles. The Balaban J connectivity index is 3.53. The second-order valence-corrected chi connectivity index (χ2v) is 8.01. The maximum atomic E-state index is 11.3. The summed E-state index contributed by atoms with van der Waals surface area (Å²) in [5, 5.41) is 2.82. The van der Waals surface area contributed by atoms with E-state index in [1.54, 1.807) is 0 Å². The van der Waals surface area contributed by atoms with Crippen molar-refractivity contribution in [2.24, 2.45) is 0 Å². The topological polar surface area (TPSA) is 81.7 Å². The fourth-order valence-electron chi connectivity index (χ4n) is 3.47. The molecule has 0 radical (unpaired) electrons. The number of rotatable bonds is 18. The maximum absolute atomic E-state index is 11.3. The molecule has 1 amide bonds. The van der Waals surface area contributed by atoms with Crippen LogP contribution in [-0.2, 0) is 23.9 Å². The van der Waals surface area contributed by atoms with Gasteiger partial charge in [-0.2, -0.15) is 0 Å². The molecule has 0 aliphatic carbocycles. The first kappa shape index (κ1) is 27.4. The number of amides is 1. The third-order valence-corrected chi connectivity index (χ3v) is 4.99. The van der Waals surface area contributed by atoms with Gasteiger partial charge in [0.15, 0.2) is 0 Å². The Morgan fingerprint density at radius 3 is 1.55 bits per heavy atom. The van der Waals surface area contributed by atoms with E-state index in [1.807, 2.05) is 6.92 Å². The van der Waals surface area contributed by atoms with Crippen molar-refractivity contribution < 1.29 is 23.9 Å². The monoisotopic (exact) mass is 413 g/mol. The summed E-state index contributed by atoms with van der Waals surface area (Å²) in [7, 11) is 0. The summed E-state index contributed by atoms with van der Waals surface area (Å²) in [5.41, 5.74) is 0. The molecule has 0 saturated heterocycles. The van der Waals surface area contributed by atoms with E-state index in [9.17, 15) is 14.4 Å². The van der Waals surface area contributed by atoms with Crippen LogP contribution in [0.15, 0.2) is 0 Å². The summed E-state index contributed by atoms with van der Waals surface area (Å²) >= 11 is 0. The highest BCUT2D eigenvalue weighted by Gasteiger charge is 2.20. The molecule has 0 aromatic carbocycles. The first-order chi connectivity index (χ1) is 13.8. The van der Waals surface area contributed by atoms with E-state index in [4.69, 9.17) is 9.47 Å². The number of esters is 2. The minimum absolute atomic E-state index is 0.100. The number of ether oxygens (including phenoxy) is 2. The Bertz CT molecular complexity index is 453. The van der Waals surface area contributed by atoms with E-state index < -0.39 is 0 Å². The van der Waals surface area contributed by atoms with Crippen LogP contribution in [0.5, 0.6) is 0 Å². The van der Waals surface area contributed by atoms with E-state index in [0.29, 0.717) is 6.61 Å². The summed E-state index contributed by atoms with van der Waals surface area (Å²) in [6.07, 6.45) is 14.9. The average Bonchev–Trinajstić information content (AvgIpc) is 2.62. The Kier molecular flexibility index (Phi) is 17.4. The molecule has 0 spiro atoms. The number of hydrogen-bond donors (Lipinski definition) is 1. The number of carbonyl (C=O) groups excluding carboxylic acids is 3. The molecule has 0 rings (SSSR count). The Labute approximate surface area is 177 Å². The fraction of sp³-hybridized carbons (Fsp3) is 0.870. The molecule has 170 valence electrons. The van der Waals surface area contributed by atoms with Crippen LogP contribution >= 0.6 is 0 Å². The first-order valence-corrected chi connectivity index (χ1v) is 11.4. The van der Waals surface area contributed by atoms with E-state index in [0.717, 1.165) is 32.1 Å². The van der Waals surface area contributed by atoms with Gasteiger partial charge in [0, 0.05) is 20.8 Å². The largest absolute Gasteiger partial charge is 0.466 e. The van der Waals surface area contributed by atoms with E-state index in [1.165, 1.54) is 72.1 Å². The molecule has 0 aromatic rings. The lowest BCUT2D eigenvalue weighted by atomic mass is 10.0. The van der Waals surface area contributed by atoms with Gasteiger partial charge in [0.25, 0.3) is 0 Å². The molecule has 0 aliphatic heterocycles. The predicted molar refractivity (Wildman–Crippen MR) is 115 cm³/mol. The lowest BCUT2D eigenvalue weighted by Crippen LogP contribution is -2.42. The van der Waals surface area contributed by atoms with Crippen molar-refractivity contribution in [3.8, 4) is 0 Å². The molecule has 0 fully saturated rings. The smallest absolute Gasteiger partial charge is 0.302 e. The van der Waals surface area contributed by atoms with E-state index >= 15 is 0 Å². The Morgan fingerprint density at radius 1 is 0.690 bits per heavy atom. The molecule has 0 heterocycles. The van der Waals surface area contributed by atoms with E-state index in [2.05, 4.69) is 5.32 Å². The minimum Gasteiger partial charge on any atom is -0.466 e. The number of hydrogen-bond acceptors (Lipinski definition) is 5. The lowest BCUT2D eigenvalue weighted by Gasteiger charge is -2.24. The van der Waals surface area contributed by atoms with Crippen molar-refractivity contribution in [2.75, 3.05) is 6.61 Å². The zero-order valence-electron chi connectivity index (χ0n) is 19.1. The van der Waals surface area contributed by atoms with E-state index in [-0.39, 0.29) is 30.0 Å². The Morgan fingerprint density at radius 2 is 1.14 bits per heavy atom. The zero-order chi connectivity index (χ0) is 21.9. The average molecular weight is 414 g/mol. The summed E-state index contributed by atoms with van der Waals surface area (Å²) in [6, 6.07) is -0.155. The lowest BCUT2D eigenvalue weighted by molar-refractivity contribution is -0.149. The van der Waals surface area contributed by atoms with Crippen molar-refractivity contribution in [3.63, 3.8) is 0 Å². The highest BCUT2D eigenvalue weighted by atomic mass is 16.5. The number of nitrogens with one attached hydrogen (secondary N) is 1. The normalized spacial score (nSPS) is 12.8. The molecular weight excluding hydrogens is 370 g/mol. The van der Waals surface area contributed by atoms with Crippen molar-refractivity contribution in [2.45, 2.75) is 123 Å². The maximum Gasteiger partial charge on any atom is 0.302 e. The third kappa shape index (κ3) is 19.5. The highest BCUT2D eigenvalue weighted by Crippen LogP contribution is 2.15. The molecule has 0 aliphatic rings. The van der Waals surface area contributed by atoms with Gasteiger partial charge in [-0.1, -0.05) is 64.2 Å². The molecule has 0 bridgehead atoms. The molecule has 29 heavy (non-hydrogen) atoms. The van der Waals surface area contributed by atoms with Gasteiger partial charge < -0.3 is 14.8 Å². The van der Waals surface area contributed by atoms with Gasteiger partial charge >= 0.3 is 11.9 Å².